The monoisotopic (exact) mass is 400 g/mol. The number of piperazine rings is 1. The lowest BCUT2D eigenvalue weighted by Crippen LogP contribution is -2.51. The zero-order valence-electron chi connectivity index (χ0n) is 15.3. The molecular formula is C19H20N4O4S. The number of methoxy groups -OCH3 is 1. The van der Waals surface area contributed by atoms with Crippen molar-refractivity contribution in [3.63, 3.8) is 0 Å². The average molecular weight is 400 g/mol. The molecule has 1 amide bonds. The second-order valence-corrected chi connectivity index (χ2v) is 6.63. The summed E-state index contributed by atoms with van der Waals surface area (Å²) in [6.07, 6.45) is 0. The number of anilines is 2. The number of nitro groups is 1. The fourth-order valence-electron chi connectivity index (χ4n) is 2.98. The number of nitro benzene ring substituents is 1. The van der Waals surface area contributed by atoms with Crippen LogP contribution in [0, 0.1) is 10.1 Å². The quantitative estimate of drug-likeness (QED) is 0.480. The summed E-state index contributed by atoms with van der Waals surface area (Å²) in [5.41, 5.74) is 1.60. The van der Waals surface area contributed by atoms with Gasteiger partial charge in [0.2, 0.25) is 0 Å². The molecule has 146 valence electrons. The molecule has 1 aliphatic heterocycles. The number of benzene rings is 2. The second kappa shape index (κ2) is 8.66. The molecule has 0 atom stereocenters. The maximum Gasteiger partial charge on any atom is 0.283 e. The lowest BCUT2D eigenvalue weighted by molar-refractivity contribution is -0.384. The molecule has 0 aliphatic carbocycles. The molecule has 0 saturated carbocycles. The third-order valence-corrected chi connectivity index (χ3v) is 4.96. The molecule has 1 N–H and O–H groups in total. The van der Waals surface area contributed by atoms with E-state index in [1.807, 2.05) is 4.90 Å². The van der Waals surface area contributed by atoms with E-state index in [2.05, 4.69) is 10.2 Å². The molecule has 3 rings (SSSR count). The lowest BCUT2D eigenvalue weighted by atomic mass is 10.2. The Kier molecular flexibility index (Phi) is 6.05. The van der Waals surface area contributed by atoms with E-state index in [4.69, 9.17) is 17.0 Å². The van der Waals surface area contributed by atoms with Crippen molar-refractivity contribution in [2.75, 3.05) is 43.5 Å². The van der Waals surface area contributed by atoms with Gasteiger partial charge in [-0.3, -0.25) is 14.9 Å². The minimum absolute atomic E-state index is 0.0674. The molecule has 0 bridgehead atoms. The summed E-state index contributed by atoms with van der Waals surface area (Å²) in [7, 11) is 1.57. The molecular weight excluding hydrogens is 380 g/mol. The largest absolute Gasteiger partial charge is 0.497 e. The van der Waals surface area contributed by atoms with E-state index in [-0.39, 0.29) is 16.6 Å². The van der Waals surface area contributed by atoms with Gasteiger partial charge in [0.15, 0.2) is 4.99 Å². The van der Waals surface area contributed by atoms with Gasteiger partial charge in [-0.25, -0.2) is 0 Å². The molecule has 0 radical (unpaired) electrons. The van der Waals surface area contributed by atoms with E-state index in [0.29, 0.717) is 37.6 Å². The summed E-state index contributed by atoms with van der Waals surface area (Å²) >= 11 is 5.35. The Bertz CT molecular complexity index is 880. The van der Waals surface area contributed by atoms with E-state index >= 15 is 0 Å². The van der Waals surface area contributed by atoms with Gasteiger partial charge in [-0.1, -0.05) is 18.3 Å². The van der Waals surface area contributed by atoms with Gasteiger partial charge in [-0.05, 0) is 24.3 Å². The molecule has 2 aromatic carbocycles. The minimum atomic E-state index is -0.416. The number of nitrogens with one attached hydrogen (secondary N) is 1. The molecule has 0 aromatic heterocycles. The summed E-state index contributed by atoms with van der Waals surface area (Å²) in [6.45, 7) is 2.54. The number of ether oxygens (including phenoxy) is 1. The van der Waals surface area contributed by atoms with Gasteiger partial charge < -0.3 is 19.9 Å². The number of carbonyl (C=O) groups excluding carboxylic acids is 1. The van der Waals surface area contributed by atoms with Crippen LogP contribution >= 0.6 is 12.2 Å². The first-order valence-electron chi connectivity index (χ1n) is 8.71. The Hall–Kier alpha value is -3.20. The van der Waals surface area contributed by atoms with E-state index in [0.717, 1.165) is 5.69 Å². The Morgan fingerprint density at radius 3 is 2.43 bits per heavy atom. The zero-order valence-corrected chi connectivity index (χ0v) is 16.1. The predicted molar refractivity (Wildman–Crippen MR) is 111 cm³/mol. The highest BCUT2D eigenvalue weighted by Crippen LogP contribution is 2.21. The Morgan fingerprint density at radius 1 is 1.14 bits per heavy atom. The van der Waals surface area contributed by atoms with Crippen LogP contribution in [0.5, 0.6) is 5.75 Å². The van der Waals surface area contributed by atoms with Crippen molar-refractivity contribution < 1.29 is 14.5 Å². The second-order valence-electron chi connectivity index (χ2n) is 6.24. The fraction of sp³-hybridized carbons (Fsp3) is 0.263. The predicted octanol–water partition coefficient (Wildman–Crippen LogP) is 2.69. The molecule has 0 spiro atoms. The van der Waals surface area contributed by atoms with Crippen molar-refractivity contribution in [1.29, 1.82) is 0 Å². The SMILES string of the molecule is COc1cccc(NC(=O)C(=S)N2CCN(c3ccc([N+](=O)[O-])cc3)CC2)c1. The van der Waals surface area contributed by atoms with Crippen LogP contribution in [-0.2, 0) is 4.79 Å². The average Bonchev–Trinajstić information content (AvgIpc) is 2.73. The first-order chi connectivity index (χ1) is 13.5. The van der Waals surface area contributed by atoms with Gasteiger partial charge in [0.25, 0.3) is 11.6 Å². The first-order valence-corrected chi connectivity index (χ1v) is 9.12. The van der Waals surface area contributed by atoms with Crippen molar-refractivity contribution in [1.82, 2.24) is 4.90 Å². The Balaban J connectivity index is 1.55. The van der Waals surface area contributed by atoms with Crippen LogP contribution in [0.15, 0.2) is 48.5 Å². The maximum atomic E-state index is 12.5. The number of nitrogens with zero attached hydrogens (tertiary/aromatic N) is 3. The van der Waals surface area contributed by atoms with Crippen LogP contribution in [0.25, 0.3) is 0 Å². The van der Waals surface area contributed by atoms with Crippen molar-refractivity contribution in [3.8, 4) is 5.75 Å². The summed E-state index contributed by atoms with van der Waals surface area (Å²) in [5, 5.41) is 13.6. The number of hydrogen-bond acceptors (Lipinski definition) is 6. The van der Waals surface area contributed by atoms with Gasteiger partial charge >= 0.3 is 0 Å². The van der Waals surface area contributed by atoms with E-state index < -0.39 is 4.92 Å². The highest BCUT2D eigenvalue weighted by Gasteiger charge is 2.23. The van der Waals surface area contributed by atoms with Crippen LogP contribution in [0.1, 0.15) is 0 Å². The molecule has 8 nitrogen and oxygen atoms in total. The summed E-state index contributed by atoms with van der Waals surface area (Å²) in [4.78, 5) is 27.0. The summed E-state index contributed by atoms with van der Waals surface area (Å²) in [6, 6.07) is 13.6. The van der Waals surface area contributed by atoms with Gasteiger partial charge in [0, 0.05) is 55.8 Å². The zero-order chi connectivity index (χ0) is 20.1. The van der Waals surface area contributed by atoms with Crippen molar-refractivity contribution >= 4 is 40.2 Å². The van der Waals surface area contributed by atoms with Crippen LogP contribution in [-0.4, -0.2) is 54.0 Å². The molecule has 1 fully saturated rings. The molecule has 2 aromatic rings. The van der Waals surface area contributed by atoms with E-state index in [1.54, 1.807) is 43.5 Å². The van der Waals surface area contributed by atoms with Crippen LogP contribution in [0.2, 0.25) is 0 Å². The first kappa shape index (κ1) is 19.6. The number of non-ortho nitro benzene ring substituents is 1. The standard InChI is InChI=1S/C19H20N4O4S/c1-27-17-4-2-3-14(13-17)20-18(24)19(28)22-11-9-21(10-12-22)15-5-7-16(8-6-15)23(25)26/h2-8,13H,9-12H2,1H3,(H,20,24). The smallest absolute Gasteiger partial charge is 0.283 e. The van der Waals surface area contributed by atoms with Crippen molar-refractivity contribution in [3.05, 3.63) is 58.6 Å². The van der Waals surface area contributed by atoms with Gasteiger partial charge in [0.1, 0.15) is 5.75 Å². The summed E-state index contributed by atoms with van der Waals surface area (Å²) < 4.78 is 5.15. The molecule has 1 saturated heterocycles. The molecule has 0 unspecified atom stereocenters. The highest BCUT2D eigenvalue weighted by molar-refractivity contribution is 7.82. The van der Waals surface area contributed by atoms with Crippen LogP contribution in [0.3, 0.4) is 0 Å². The number of thiocarbonyl (C=S) groups is 1. The number of rotatable bonds is 4. The summed E-state index contributed by atoms with van der Waals surface area (Å²) in [5.74, 6) is 0.326. The van der Waals surface area contributed by atoms with E-state index in [1.165, 1.54) is 12.1 Å². The number of carbonyl (C=O) groups is 1. The number of hydrogen-bond donors (Lipinski definition) is 1. The van der Waals surface area contributed by atoms with Crippen LogP contribution < -0.4 is 15.0 Å². The Labute approximate surface area is 167 Å². The maximum absolute atomic E-state index is 12.5. The Morgan fingerprint density at radius 2 is 1.82 bits per heavy atom. The highest BCUT2D eigenvalue weighted by atomic mass is 32.1. The van der Waals surface area contributed by atoms with Crippen LogP contribution in [0.4, 0.5) is 17.1 Å². The minimum Gasteiger partial charge on any atom is -0.497 e. The molecule has 1 heterocycles. The number of amides is 1. The van der Waals surface area contributed by atoms with Crippen molar-refractivity contribution in [2.24, 2.45) is 0 Å². The van der Waals surface area contributed by atoms with Gasteiger partial charge in [-0.15, -0.1) is 0 Å². The van der Waals surface area contributed by atoms with Gasteiger partial charge in [0.05, 0.1) is 12.0 Å². The third kappa shape index (κ3) is 4.55. The fourth-order valence-corrected chi connectivity index (χ4v) is 3.22. The lowest BCUT2D eigenvalue weighted by Gasteiger charge is -2.36. The third-order valence-electron chi connectivity index (χ3n) is 4.51. The molecule has 1 aliphatic rings. The van der Waals surface area contributed by atoms with E-state index in [9.17, 15) is 14.9 Å². The van der Waals surface area contributed by atoms with Crippen molar-refractivity contribution in [2.45, 2.75) is 0 Å². The topological polar surface area (TPSA) is 88.0 Å². The van der Waals surface area contributed by atoms with Gasteiger partial charge in [-0.2, -0.15) is 0 Å². The normalized spacial score (nSPS) is 13.8. The molecule has 9 heteroatoms. The molecule has 28 heavy (non-hydrogen) atoms.